The van der Waals surface area contributed by atoms with E-state index in [0.29, 0.717) is 33.0 Å². The predicted octanol–water partition coefficient (Wildman–Crippen LogP) is 5.67. The highest BCUT2D eigenvalue weighted by Crippen LogP contribution is 2.33. The van der Waals surface area contributed by atoms with Crippen LogP contribution >= 0.6 is 23.4 Å². The van der Waals surface area contributed by atoms with E-state index in [9.17, 15) is 4.39 Å². The van der Waals surface area contributed by atoms with Crippen molar-refractivity contribution in [3.63, 3.8) is 0 Å². The SMILES string of the molecule is Fc1ccccc1-n1c(SCc2cn3ccccc3n2)nnc1-c1ccccc1Cl. The topological polar surface area (TPSA) is 48.0 Å². The van der Waals surface area contributed by atoms with Gasteiger partial charge in [0.2, 0.25) is 0 Å². The van der Waals surface area contributed by atoms with Gasteiger partial charge >= 0.3 is 0 Å². The van der Waals surface area contributed by atoms with Crippen LogP contribution < -0.4 is 0 Å². The standard InChI is InChI=1S/C22H15ClFN5S/c23-17-8-2-1-7-16(17)21-26-27-22(29(21)19-10-4-3-9-18(19)24)30-14-15-13-28-12-6-5-11-20(28)25-15/h1-13H,14H2. The summed E-state index contributed by atoms with van der Waals surface area (Å²) in [5, 5.41) is 9.76. The minimum Gasteiger partial charge on any atom is -0.307 e. The van der Waals surface area contributed by atoms with Gasteiger partial charge in [-0.3, -0.25) is 4.57 Å². The maximum atomic E-state index is 14.7. The smallest absolute Gasteiger partial charge is 0.196 e. The fourth-order valence-corrected chi connectivity index (χ4v) is 4.27. The van der Waals surface area contributed by atoms with E-state index in [-0.39, 0.29) is 5.82 Å². The molecule has 0 aliphatic rings. The van der Waals surface area contributed by atoms with Gasteiger partial charge in [-0.15, -0.1) is 10.2 Å². The van der Waals surface area contributed by atoms with E-state index in [2.05, 4.69) is 15.2 Å². The van der Waals surface area contributed by atoms with Crippen LogP contribution in [0.1, 0.15) is 5.69 Å². The Bertz CT molecular complexity index is 1310. The summed E-state index contributed by atoms with van der Waals surface area (Å²) in [6, 6.07) is 19.7. The number of fused-ring (bicyclic) bond motifs is 1. The summed E-state index contributed by atoms with van der Waals surface area (Å²) in [4.78, 5) is 4.62. The van der Waals surface area contributed by atoms with Gasteiger partial charge < -0.3 is 4.40 Å². The molecule has 0 aliphatic carbocycles. The fourth-order valence-electron chi connectivity index (χ4n) is 3.23. The quantitative estimate of drug-likeness (QED) is 0.334. The van der Waals surface area contributed by atoms with Crippen LogP contribution in [0.25, 0.3) is 22.7 Å². The summed E-state index contributed by atoms with van der Waals surface area (Å²) in [6.45, 7) is 0. The first-order valence-corrected chi connectivity index (χ1v) is 10.6. The van der Waals surface area contributed by atoms with Crippen molar-refractivity contribution in [1.29, 1.82) is 0 Å². The van der Waals surface area contributed by atoms with Gasteiger partial charge in [0.1, 0.15) is 11.5 Å². The second-order valence-corrected chi connectivity index (χ2v) is 7.91. The molecule has 0 saturated heterocycles. The molecule has 148 valence electrons. The van der Waals surface area contributed by atoms with Gasteiger partial charge in [0, 0.05) is 23.7 Å². The molecule has 0 radical (unpaired) electrons. The average molecular weight is 436 g/mol. The first-order valence-electron chi connectivity index (χ1n) is 9.21. The van der Waals surface area contributed by atoms with Crippen molar-refractivity contribution in [1.82, 2.24) is 24.1 Å². The molecule has 3 aromatic heterocycles. The summed E-state index contributed by atoms with van der Waals surface area (Å²) < 4.78 is 18.4. The van der Waals surface area contributed by atoms with Crippen molar-refractivity contribution >= 4 is 29.0 Å². The van der Waals surface area contributed by atoms with E-state index in [4.69, 9.17) is 11.6 Å². The summed E-state index contributed by atoms with van der Waals surface area (Å²) in [5.41, 5.74) is 2.83. The van der Waals surface area contributed by atoms with Crippen LogP contribution in [-0.4, -0.2) is 24.1 Å². The minimum absolute atomic E-state index is 0.361. The molecule has 0 aliphatic heterocycles. The number of hydrogen-bond donors (Lipinski definition) is 0. The van der Waals surface area contributed by atoms with Gasteiger partial charge in [0.15, 0.2) is 11.0 Å². The third-order valence-corrected chi connectivity index (χ3v) is 5.90. The molecule has 30 heavy (non-hydrogen) atoms. The van der Waals surface area contributed by atoms with E-state index in [1.54, 1.807) is 28.8 Å². The Balaban J connectivity index is 1.56. The largest absolute Gasteiger partial charge is 0.307 e. The highest BCUT2D eigenvalue weighted by molar-refractivity contribution is 7.98. The van der Waals surface area contributed by atoms with Crippen LogP contribution in [0, 0.1) is 5.82 Å². The Morgan fingerprint density at radius 3 is 2.57 bits per heavy atom. The maximum absolute atomic E-state index is 14.7. The highest BCUT2D eigenvalue weighted by atomic mass is 35.5. The lowest BCUT2D eigenvalue weighted by molar-refractivity contribution is 0.613. The van der Waals surface area contributed by atoms with Crippen molar-refractivity contribution < 1.29 is 4.39 Å². The van der Waals surface area contributed by atoms with Gasteiger partial charge in [-0.25, -0.2) is 9.37 Å². The fraction of sp³-hybridized carbons (Fsp3) is 0.0455. The van der Waals surface area contributed by atoms with Crippen molar-refractivity contribution in [2.24, 2.45) is 0 Å². The molecule has 0 N–H and O–H groups in total. The normalized spacial score (nSPS) is 11.3. The predicted molar refractivity (Wildman–Crippen MR) is 117 cm³/mol. The Labute approximate surface area is 181 Å². The van der Waals surface area contributed by atoms with Crippen molar-refractivity contribution in [3.05, 3.63) is 95.7 Å². The van der Waals surface area contributed by atoms with Gasteiger partial charge in [-0.05, 0) is 36.4 Å². The number of rotatable bonds is 5. The van der Waals surface area contributed by atoms with E-state index in [1.807, 2.05) is 53.2 Å². The molecule has 0 saturated carbocycles. The Morgan fingerprint density at radius 1 is 0.933 bits per heavy atom. The van der Waals surface area contributed by atoms with Crippen LogP contribution in [0.5, 0.6) is 0 Å². The Kier molecular flexibility index (Phi) is 4.98. The van der Waals surface area contributed by atoms with Crippen molar-refractivity contribution in [3.8, 4) is 17.1 Å². The second kappa shape index (κ2) is 7.93. The number of aromatic nitrogens is 5. The van der Waals surface area contributed by atoms with Crippen LogP contribution in [0.3, 0.4) is 0 Å². The molecule has 0 fully saturated rings. The number of thioether (sulfide) groups is 1. The zero-order valence-corrected chi connectivity index (χ0v) is 17.2. The molecule has 8 heteroatoms. The molecular weight excluding hydrogens is 421 g/mol. The number of hydrogen-bond acceptors (Lipinski definition) is 4. The Hall–Kier alpha value is -3.16. The lowest BCUT2D eigenvalue weighted by Gasteiger charge is -2.11. The molecule has 3 heterocycles. The molecule has 0 spiro atoms. The van der Waals surface area contributed by atoms with Crippen LogP contribution in [0.2, 0.25) is 5.02 Å². The van der Waals surface area contributed by atoms with E-state index >= 15 is 0 Å². The molecule has 0 unspecified atom stereocenters. The van der Waals surface area contributed by atoms with Gasteiger partial charge in [-0.2, -0.15) is 0 Å². The second-order valence-electron chi connectivity index (χ2n) is 6.56. The van der Waals surface area contributed by atoms with Crippen LogP contribution in [0.4, 0.5) is 4.39 Å². The number of para-hydroxylation sites is 1. The molecule has 5 rings (SSSR count). The van der Waals surface area contributed by atoms with E-state index < -0.39 is 0 Å². The zero-order chi connectivity index (χ0) is 20.5. The highest BCUT2D eigenvalue weighted by Gasteiger charge is 2.20. The summed E-state index contributed by atoms with van der Waals surface area (Å²) >= 11 is 7.83. The number of halogens is 2. The monoisotopic (exact) mass is 435 g/mol. The van der Waals surface area contributed by atoms with Crippen LogP contribution in [-0.2, 0) is 5.75 Å². The molecule has 0 bridgehead atoms. The number of imidazole rings is 1. The third kappa shape index (κ3) is 3.46. The minimum atomic E-state index is -0.361. The lowest BCUT2D eigenvalue weighted by atomic mass is 10.2. The van der Waals surface area contributed by atoms with Gasteiger partial charge in [0.25, 0.3) is 0 Å². The van der Waals surface area contributed by atoms with Crippen molar-refractivity contribution in [2.75, 3.05) is 0 Å². The summed E-state index contributed by atoms with van der Waals surface area (Å²) in [6.07, 6.45) is 3.93. The summed E-state index contributed by atoms with van der Waals surface area (Å²) in [5.74, 6) is 0.694. The zero-order valence-electron chi connectivity index (χ0n) is 15.6. The van der Waals surface area contributed by atoms with Gasteiger partial charge in [0.05, 0.1) is 16.4 Å². The summed E-state index contributed by atoms with van der Waals surface area (Å²) in [7, 11) is 0. The first-order chi connectivity index (χ1) is 14.7. The number of benzene rings is 2. The molecule has 5 aromatic rings. The lowest BCUT2D eigenvalue weighted by Crippen LogP contribution is -2.02. The van der Waals surface area contributed by atoms with Crippen molar-refractivity contribution in [2.45, 2.75) is 10.9 Å². The molecule has 5 nitrogen and oxygen atoms in total. The Morgan fingerprint density at radius 2 is 1.73 bits per heavy atom. The molecular formula is C22H15ClFN5S. The maximum Gasteiger partial charge on any atom is 0.196 e. The molecule has 0 amide bonds. The van der Waals surface area contributed by atoms with Crippen LogP contribution in [0.15, 0.2) is 84.3 Å². The van der Waals surface area contributed by atoms with Gasteiger partial charge in [-0.1, -0.05) is 53.7 Å². The van der Waals surface area contributed by atoms with E-state index in [1.165, 1.54) is 17.8 Å². The number of nitrogens with zero attached hydrogens (tertiary/aromatic N) is 5. The molecule has 2 aromatic carbocycles. The average Bonchev–Trinajstić information content (AvgIpc) is 3.36. The third-order valence-electron chi connectivity index (χ3n) is 4.60. The number of pyridine rings is 1. The molecule has 0 atom stereocenters. The first kappa shape index (κ1) is 18.8. The van der Waals surface area contributed by atoms with E-state index in [0.717, 1.165) is 11.3 Å².